The molecule has 0 aliphatic carbocycles. The molecule has 2 heterocycles. The minimum absolute atomic E-state index is 0.0375. The lowest BCUT2D eigenvalue weighted by molar-refractivity contribution is -0.112. The van der Waals surface area contributed by atoms with E-state index < -0.39 is 5.91 Å². The largest absolute Gasteiger partial charge is 0.383 e. The van der Waals surface area contributed by atoms with E-state index in [4.69, 9.17) is 4.74 Å². The summed E-state index contributed by atoms with van der Waals surface area (Å²) in [7, 11) is 1.67. The van der Waals surface area contributed by atoms with Crippen LogP contribution in [0.2, 0.25) is 0 Å². The van der Waals surface area contributed by atoms with E-state index in [9.17, 15) is 10.1 Å². The van der Waals surface area contributed by atoms with Gasteiger partial charge in [-0.05, 0) is 44.0 Å². The summed E-state index contributed by atoms with van der Waals surface area (Å²) in [5.74, 6) is -0.462. The van der Waals surface area contributed by atoms with E-state index in [2.05, 4.69) is 21.9 Å². The molecule has 1 N–H and O–H groups in total. The van der Waals surface area contributed by atoms with Gasteiger partial charge in [0.25, 0.3) is 5.91 Å². The molecule has 0 aliphatic heterocycles. The zero-order chi connectivity index (χ0) is 22.4. The third-order valence-corrected chi connectivity index (χ3v) is 5.12. The lowest BCUT2D eigenvalue weighted by atomic mass is 10.1. The van der Waals surface area contributed by atoms with E-state index in [0.717, 1.165) is 22.5 Å². The fourth-order valence-corrected chi connectivity index (χ4v) is 3.73. The average Bonchev–Trinajstić information content (AvgIpc) is 3.29. The number of nitrogens with one attached hydrogen (secondary N) is 1. The van der Waals surface area contributed by atoms with Crippen molar-refractivity contribution in [3.8, 4) is 6.07 Å². The summed E-state index contributed by atoms with van der Waals surface area (Å²) >= 11 is 0. The minimum atomic E-state index is -0.462. The molecular weight excluding hydrogens is 390 g/mol. The monoisotopic (exact) mass is 417 g/mol. The Morgan fingerprint density at radius 3 is 2.74 bits per heavy atom. The van der Waals surface area contributed by atoms with Crippen LogP contribution in [0.15, 0.2) is 54.4 Å². The Hall–Kier alpha value is -3.63. The number of rotatable bonds is 8. The van der Waals surface area contributed by atoms with Crippen LogP contribution in [0, 0.1) is 25.2 Å². The molecular formula is C24H27N5O2. The van der Waals surface area contributed by atoms with Gasteiger partial charge < -0.3 is 14.6 Å². The number of hydrogen-bond donors (Lipinski definition) is 1. The first-order chi connectivity index (χ1) is 14.9. The third kappa shape index (κ3) is 5.30. The van der Waals surface area contributed by atoms with Crippen LogP contribution >= 0.6 is 0 Å². The molecule has 3 rings (SSSR count). The van der Waals surface area contributed by atoms with Gasteiger partial charge in [-0.15, -0.1) is 0 Å². The number of anilines is 1. The number of ether oxygens (including phenoxy) is 1. The molecule has 1 atom stereocenters. The first-order valence-corrected chi connectivity index (χ1v) is 10.1. The molecule has 1 amide bonds. The van der Waals surface area contributed by atoms with Crippen molar-refractivity contribution in [2.45, 2.75) is 33.4 Å². The zero-order valence-corrected chi connectivity index (χ0v) is 18.3. The quantitative estimate of drug-likeness (QED) is 0.442. The molecule has 0 radical (unpaired) electrons. The molecule has 3 aromatic rings. The van der Waals surface area contributed by atoms with Gasteiger partial charge in [-0.3, -0.25) is 9.48 Å². The van der Waals surface area contributed by atoms with Crippen molar-refractivity contribution < 1.29 is 9.53 Å². The number of carbonyl (C=O) groups excluding carboxylic acids is 1. The molecule has 7 heteroatoms. The highest BCUT2D eigenvalue weighted by Crippen LogP contribution is 2.23. The molecule has 2 aromatic heterocycles. The standard InChI is InChI=1S/C24H27N5O2/c1-17-10-21(19(3)29(17)18(2)16-31-4)11-22(12-25)24(30)27-23-13-26-28(15-23)14-20-8-6-5-7-9-20/h5-11,13,15,18H,14,16H2,1-4H3,(H,27,30)/b22-11+. The number of amides is 1. The van der Waals surface area contributed by atoms with Crippen LogP contribution in [0.25, 0.3) is 6.08 Å². The molecule has 0 saturated carbocycles. The van der Waals surface area contributed by atoms with Crippen LogP contribution in [0.1, 0.15) is 35.5 Å². The highest BCUT2D eigenvalue weighted by molar-refractivity contribution is 6.09. The maximum atomic E-state index is 12.7. The molecule has 160 valence electrons. The van der Waals surface area contributed by atoms with Gasteiger partial charge in [0.15, 0.2) is 0 Å². The van der Waals surface area contributed by atoms with Crippen molar-refractivity contribution >= 4 is 17.7 Å². The summed E-state index contributed by atoms with van der Waals surface area (Å²) in [6.45, 7) is 7.23. The van der Waals surface area contributed by atoms with Crippen molar-refractivity contribution in [2.24, 2.45) is 0 Å². The summed E-state index contributed by atoms with van der Waals surface area (Å²) in [6.07, 6.45) is 4.95. The Labute approximate surface area is 182 Å². The number of carbonyl (C=O) groups is 1. The summed E-state index contributed by atoms with van der Waals surface area (Å²) < 4.78 is 9.15. The summed E-state index contributed by atoms with van der Waals surface area (Å²) in [5.41, 5.74) is 4.56. The van der Waals surface area contributed by atoms with Crippen LogP contribution < -0.4 is 5.32 Å². The fraction of sp³-hybridized carbons (Fsp3) is 0.292. The van der Waals surface area contributed by atoms with Crippen LogP contribution in [-0.4, -0.2) is 34.0 Å². The molecule has 1 aromatic carbocycles. The fourth-order valence-electron chi connectivity index (χ4n) is 3.73. The Kier molecular flexibility index (Phi) is 7.06. The molecule has 0 aliphatic rings. The molecule has 0 bridgehead atoms. The Morgan fingerprint density at radius 1 is 1.32 bits per heavy atom. The maximum absolute atomic E-state index is 12.7. The van der Waals surface area contributed by atoms with Gasteiger partial charge in [0.2, 0.25) is 0 Å². The first kappa shape index (κ1) is 22.1. The second kappa shape index (κ2) is 9.92. The second-order valence-electron chi connectivity index (χ2n) is 7.54. The summed E-state index contributed by atoms with van der Waals surface area (Å²) in [4.78, 5) is 12.7. The van der Waals surface area contributed by atoms with E-state index in [0.29, 0.717) is 18.8 Å². The predicted octanol–water partition coefficient (Wildman–Crippen LogP) is 4.10. The van der Waals surface area contributed by atoms with Crippen molar-refractivity contribution in [1.82, 2.24) is 14.3 Å². The minimum Gasteiger partial charge on any atom is -0.383 e. The molecule has 0 spiro atoms. The van der Waals surface area contributed by atoms with E-state index in [1.165, 1.54) is 0 Å². The first-order valence-electron chi connectivity index (χ1n) is 10.1. The number of hydrogen-bond acceptors (Lipinski definition) is 4. The number of aromatic nitrogens is 3. The number of aryl methyl sites for hydroxylation is 1. The number of nitriles is 1. The number of methoxy groups -OCH3 is 1. The Bertz CT molecular complexity index is 1120. The number of nitrogens with zero attached hydrogens (tertiary/aromatic N) is 4. The van der Waals surface area contributed by atoms with E-state index in [1.54, 1.807) is 30.3 Å². The van der Waals surface area contributed by atoms with Crippen LogP contribution in [0.3, 0.4) is 0 Å². The topological polar surface area (TPSA) is 84.9 Å². The van der Waals surface area contributed by atoms with Crippen molar-refractivity contribution in [1.29, 1.82) is 5.26 Å². The van der Waals surface area contributed by atoms with Gasteiger partial charge in [0, 0.05) is 24.7 Å². The van der Waals surface area contributed by atoms with Gasteiger partial charge in [-0.1, -0.05) is 30.3 Å². The van der Waals surface area contributed by atoms with E-state index in [1.807, 2.05) is 56.3 Å². The zero-order valence-electron chi connectivity index (χ0n) is 18.3. The second-order valence-corrected chi connectivity index (χ2v) is 7.54. The van der Waals surface area contributed by atoms with Crippen molar-refractivity contribution in [2.75, 3.05) is 19.0 Å². The van der Waals surface area contributed by atoms with E-state index >= 15 is 0 Å². The summed E-state index contributed by atoms with van der Waals surface area (Å²) in [6, 6.07) is 14.1. The Balaban J connectivity index is 1.75. The molecule has 0 fully saturated rings. The van der Waals surface area contributed by atoms with Gasteiger partial charge >= 0.3 is 0 Å². The summed E-state index contributed by atoms with van der Waals surface area (Å²) in [5, 5.41) is 16.6. The smallest absolute Gasteiger partial charge is 0.266 e. The van der Waals surface area contributed by atoms with Gasteiger partial charge in [0.05, 0.1) is 31.1 Å². The normalized spacial score (nSPS) is 12.4. The van der Waals surface area contributed by atoms with Crippen molar-refractivity contribution in [3.05, 3.63) is 76.9 Å². The van der Waals surface area contributed by atoms with Gasteiger partial charge in [-0.2, -0.15) is 10.4 Å². The molecule has 1 unspecified atom stereocenters. The van der Waals surface area contributed by atoms with E-state index in [-0.39, 0.29) is 11.6 Å². The molecule has 31 heavy (non-hydrogen) atoms. The van der Waals surface area contributed by atoms with Gasteiger partial charge in [-0.25, -0.2) is 0 Å². The third-order valence-electron chi connectivity index (χ3n) is 5.12. The Morgan fingerprint density at radius 2 is 2.06 bits per heavy atom. The van der Waals surface area contributed by atoms with Crippen molar-refractivity contribution in [3.63, 3.8) is 0 Å². The van der Waals surface area contributed by atoms with Gasteiger partial charge in [0.1, 0.15) is 11.6 Å². The van der Waals surface area contributed by atoms with Crippen LogP contribution in [-0.2, 0) is 16.1 Å². The SMILES string of the molecule is COCC(C)n1c(C)cc(/C=C(\C#N)C(=O)Nc2cnn(Cc3ccccc3)c2)c1C. The predicted molar refractivity (Wildman–Crippen MR) is 120 cm³/mol. The highest BCUT2D eigenvalue weighted by atomic mass is 16.5. The maximum Gasteiger partial charge on any atom is 0.266 e. The van der Waals surface area contributed by atoms with Crippen LogP contribution in [0.5, 0.6) is 0 Å². The van der Waals surface area contributed by atoms with Crippen LogP contribution in [0.4, 0.5) is 5.69 Å². The lowest BCUT2D eigenvalue weighted by Gasteiger charge is -2.17. The molecule has 7 nitrogen and oxygen atoms in total. The molecule has 0 saturated heterocycles. The number of benzene rings is 1. The lowest BCUT2D eigenvalue weighted by Crippen LogP contribution is -2.14. The highest BCUT2D eigenvalue weighted by Gasteiger charge is 2.16. The average molecular weight is 418 g/mol.